The molecule has 60 valence electrons. The second-order valence-corrected chi connectivity index (χ2v) is 3.14. The summed E-state index contributed by atoms with van der Waals surface area (Å²) >= 11 is 0. The average molecular weight is 142 g/mol. The Bertz CT molecular complexity index is 93.3. The van der Waals surface area contributed by atoms with Crippen LogP contribution >= 0.6 is 0 Å². The summed E-state index contributed by atoms with van der Waals surface area (Å²) in [4.78, 5) is 0. The monoisotopic (exact) mass is 142 g/mol. The molecular formula is C8H18N2. The largest absolute Gasteiger partial charge is 0.316 e. The van der Waals surface area contributed by atoms with Crippen molar-refractivity contribution < 1.29 is 0 Å². The van der Waals surface area contributed by atoms with E-state index in [2.05, 4.69) is 12.2 Å². The molecule has 3 N–H and O–H groups in total. The average Bonchev–Trinajstić information content (AvgIpc) is 2.13. The highest BCUT2D eigenvalue weighted by molar-refractivity contribution is 4.73. The van der Waals surface area contributed by atoms with Crippen molar-refractivity contribution >= 4 is 0 Å². The quantitative estimate of drug-likeness (QED) is 0.574. The minimum Gasteiger partial charge on any atom is -0.316 e. The highest BCUT2D eigenvalue weighted by Gasteiger charge is 2.16. The summed E-state index contributed by atoms with van der Waals surface area (Å²) in [6, 6.07) is 0. The highest BCUT2D eigenvalue weighted by atomic mass is 15.0. The van der Waals surface area contributed by atoms with Gasteiger partial charge >= 0.3 is 0 Å². The molecule has 0 spiro atoms. The molecule has 1 rings (SSSR count). The summed E-state index contributed by atoms with van der Waals surface area (Å²) in [5, 5.41) is 3.32. The smallest absolute Gasteiger partial charge is 0.0575 e. The molecule has 0 amide bonds. The van der Waals surface area contributed by atoms with Crippen molar-refractivity contribution in [3.63, 3.8) is 0 Å². The van der Waals surface area contributed by atoms with Crippen LogP contribution in [0, 0.1) is 5.92 Å². The van der Waals surface area contributed by atoms with Crippen molar-refractivity contribution in [1.82, 2.24) is 5.32 Å². The van der Waals surface area contributed by atoms with Gasteiger partial charge in [-0.2, -0.15) is 0 Å². The third kappa shape index (κ3) is 1.96. The van der Waals surface area contributed by atoms with Gasteiger partial charge in [0.25, 0.3) is 0 Å². The maximum atomic E-state index is 5.88. The Morgan fingerprint density at radius 2 is 2.30 bits per heavy atom. The van der Waals surface area contributed by atoms with E-state index in [0.717, 1.165) is 6.54 Å². The molecule has 0 bridgehead atoms. The fraction of sp³-hybridized carbons (Fsp3) is 1.00. The van der Waals surface area contributed by atoms with Gasteiger partial charge in [0, 0.05) is 0 Å². The first-order valence-electron chi connectivity index (χ1n) is 4.33. The topological polar surface area (TPSA) is 38.0 Å². The molecule has 0 aromatic heterocycles. The van der Waals surface area contributed by atoms with Crippen LogP contribution in [0.3, 0.4) is 0 Å². The fourth-order valence-corrected chi connectivity index (χ4v) is 1.60. The first-order chi connectivity index (χ1) is 4.84. The lowest BCUT2D eigenvalue weighted by molar-refractivity contribution is 0.359. The molecule has 1 fully saturated rings. The van der Waals surface area contributed by atoms with E-state index in [4.69, 9.17) is 5.73 Å². The van der Waals surface area contributed by atoms with Crippen LogP contribution in [0.4, 0.5) is 0 Å². The van der Waals surface area contributed by atoms with Crippen LogP contribution in [0.2, 0.25) is 0 Å². The first kappa shape index (κ1) is 8.02. The van der Waals surface area contributed by atoms with E-state index < -0.39 is 0 Å². The number of hydrogen-bond donors (Lipinski definition) is 2. The molecule has 2 heteroatoms. The Balaban J connectivity index is 2.35. The third-order valence-corrected chi connectivity index (χ3v) is 2.41. The zero-order valence-corrected chi connectivity index (χ0v) is 6.77. The minimum absolute atomic E-state index is 0.257. The number of rotatable bonds is 1. The number of nitrogens with two attached hydrogens (primary N) is 1. The van der Waals surface area contributed by atoms with E-state index in [1.165, 1.54) is 25.7 Å². The molecule has 0 aromatic rings. The zero-order chi connectivity index (χ0) is 7.40. The maximum absolute atomic E-state index is 5.88. The molecular weight excluding hydrogens is 124 g/mol. The summed E-state index contributed by atoms with van der Waals surface area (Å²) in [7, 11) is 0. The van der Waals surface area contributed by atoms with Gasteiger partial charge in [-0.15, -0.1) is 0 Å². The SMILES string of the molecule is CCC1CCCCNC1N. The lowest BCUT2D eigenvalue weighted by atomic mass is 9.98. The molecule has 1 heterocycles. The Morgan fingerprint density at radius 1 is 1.50 bits per heavy atom. The summed E-state index contributed by atoms with van der Waals surface area (Å²) in [6.45, 7) is 3.33. The molecule has 2 nitrogen and oxygen atoms in total. The van der Waals surface area contributed by atoms with Crippen molar-refractivity contribution in [3.8, 4) is 0 Å². The lowest BCUT2D eigenvalue weighted by Gasteiger charge is -2.19. The van der Waals surface area contributed by atoms with E-state index in [-0.39, 0.29) is 6.17 Å². The standard InChI is InChI=1S/C8H18N2/c1-2-7-5-3-4-6-10-8(7)9/h7-8,10H,2-6,9H2,1H3. The normalized spacial score (nSPS) is 35.4. The van der Waals surface area contributed by atoms with E-state index in [1.807, 2.05) is 0 Å². The second kappa shape index (κ2) is 3.94. The molecule has 2 atom stereocenters. The van der Waals surface area contributed by atoms with Crippen LogP contribution in [0.25, 0.3) is 0 Å². The Labute approximate surface area is 63.2 Å². The van der Waals surface area contributed by atoms with Crippen molar-refractivity contribution in [1.29, 1.82) is 0 Å². The van der Waals surface area contributed by atoms with Gasteiger partial charge in [-0.1, -0.05) is 19.8 Å². The van der Waals surface area contributed by atoms with Crippen LogP contribution in [-0.4, -0.2) is 12.7 Å². The van der Waals surface area contributed by atoms with Gasteiger partial charge in [0.1, 0.15) is 0 Å². The molecule has 1 aliphatic heterocycles. The Kier molecular flexibility index (Phi) is 3.16. The summed E-state index contributed by atoms with van der Waals surface area (Å²) in [5.74, 6) is 0.711. The molecule has 1 saturated heterocycles. The molecule has 2 unspecified atom stereocenters. The van der Waals surface area contributed by atoms with Crippen molar-refractivity contribution in [2.45, 2.75) is 38.8 Å². The van der Waals surface area contributed by atoms with Gasteiger partial charge < -0.3 is 11.1 Å². The Morgan fingerprint density at radius 3 is 3.00 bits per heavy atom. The second-order valence-electron chi connectivity index (χ2n) is 3.14. The van der Waals surface area contributed by atoms with Crippen LogP contribution in [0.5, 0.6) is 0 Å². The van der Waals surface area contributed by atoms with Crippen LogP contribution in [0.15, 0.2) is 0 Å². The van der Waals surface area contributed by atoms with Crippen LogP contribution in [0.1, 0.15) is 32.6 Å². The van der Waals surface area contributed by atoms with Gasteiger partial charge in [-0.3, -0.25) is 0 Å². The molecule has 0 radical (unpaired) electrons. The summed E-state index contributed by atoms with van der Waals surface area (Å²) in [5.41, 5.74) is 5.88. The highest BCUT2D eigenvalue weighted by Crippen LogP contribution is 2.16. The zero-order valence-electron chi connectivity index (χ0n) is 6.77. The van der Waals surface area contributed by atoms with Gasteiger partial charge in [0.05, 0.1) is 6.17 Å². The van der Waals surface area contributed by atoms with E-state index in [9.17, 15) is 0 Å². The predicted octanol–water partition coefficient (Wildman–Crippen LogP) is 1.07. The summed E-state index contributed by atoms with van der Waals surface area (Å²) in [6.07, 6.45) is 5.43. The van der Waals surface area contributed by atoms with Gasteiger partial charge in [-0.25, -0.2) is 0 Å². The van der Waals surface area contributed by atoms with E-state index in [1.54, 1.807) is 0 Å². The molecule has 0 aliphatic carbocycles. The van der Waals surface area contributed by atoms with Crippen LogP contribution in [-0.2, 0) is 0 Å². The lowest BCUT2D eigenvalue weighted by Crippen LogP contribution is -2.42. The van der Waals surface area contributed by atoms with Gasteiger partial charge in [0.15, 0.2) is 0 Å². The van der Waals surface area contributed by atoms with Crippen molar-refractivity contribution in [2.24, 2.45) is 11.7 Å². The molecule has 0 saturated carbocycles. The molecule has 0 aromatic carbocycles. The number of hydrogen-bond acceptors (Lipinski definition) is 2. The van der Waals surface area contributed by atoms with Gasteiger partial charge in [-0.05, 0) is 25.3 Å². The third-order valence-electron chi connectivity index (χ3n) is 2.41. The van der Waals surface area contributed by atoms with E-state index in [0.29, 0.717) is 5.92 Å². The van der Waals surface area contributed by atoms with Gasteiger partial charge in [0.2, 0.25) is 0 Å². The molecule has 1 aliphatic rings. The predicted molar refractivity (Wildman–Crippen MR) is 43.6 cm³/mol. The minimum atomic E-state index is 0.257. The molecule has 10 heavy (non-hydrogen) atoms. The summed E-state index contributed by atoms with van der Waals surface area (Å²) < 4.78 is 0. The Hall–Kier alpha value is -0.0800. The van der Waals surface area contributed by atoms with Crippen molar-refractivity contribution in [2.75, 3.05) is 6.54 Å². The van der Waals surface area contributed by atoms with Crippen LogP contribution < -0.4 is 11.1 Å². The van der Waals surface area contributed by atoms with E-state index >= 15 is 0 Å². The fourth-order valence-electron chi connectivity index (χ4n) is 1.60. The van der Waals surface area contributed by atoms with Crippen molar-refractivity contribution in [3.05, 3.63) is 0 Å². The maximum Gasteiger partial charge on any atom is 0.0575 e. The number of nitrogens with one attached hydrogen (secondary N) is 1. The first-order valence-corrected chi connectivity index (χ1v) is 4.33.